The average molecular weight is 190 g/mol. The molecule has 0 unspecified atom stereocenters. The predicted octanol–water partition coefficient (Wildman–Crippen LogP) is 4.28. The maximum atomic E-state index is 2.14. The van der Waals surface area contributed by atoms with Crippen molar-refractivity contribution in [2.45, 2.75) is 13.8 Å². The van der Waals surface area contributed by atoms with Gasteiger partial charge < -0.3 is 0 Å². The Morgan fingerprint density at radius 3 is 2.69 bits per heavy atom. The lowest BCUT2D eigenvalue weighted by molar-refractivity contribution is 1.58. The lowest BCUT2D eigenvalue weighted by Gasteiger charge is -1.89. The second-order valence-electron chi connectivity index (χ2n) is 2.64. The van der Waals surface area contributed by atoms with E-state index < -0.39 is 0 Å². The molecule has 0 atom stereocenters. The van der Waals surface area contributed by atoms with Gasteiger partial charge in [-0.15, -0.1) is 11.3 Å². The minimum Gasteiger partial charge on any atom is -0.144 e. The molecule has 0 nitrogen and oxygen atoms in total. The van der Waals surface area contributed by atoms with Crippen LogP contribution in [0.5, 0.6) is 0 Å². The van der Waals surface area contributed by atoms with Gasteiger partial charge in [0.15, 0.2) is 0 Å². The van der Waals surface area contributed by atoms with Crippen LogP contribution in [0.15, 0.2) is 47.4 Å². The van der Waals surface area contributed by atoms with Crippen LogP contribution in [-0.4, -0.2) is 0 Å². The summed E-state index contributed by atoms with van der Waals surface area (Å²) < 4.78 is 0. The first-order valence-electron chi connectivity index (χ1n) is 4.37. The van der Waals surface area contributed by atoms with Gasteiger partial charge in [-0.25, -0.2) is 0 Å². The molecule has 0 aliphatic carbocycles. The van der Waals surface area contributed by atoms with E-state index >= 15 is 0 Å². The quantitative estimate of drug-likeness (QED) is 0.624. The van der Waals surface area contributed by atoms with Crippen LogP contribution in [0.3, 0.4) is 0 Å². The standard InChI is InChI=1S/C12H14S/c1-3-6-11(4-2)8-9-12-7-5-10-13-12/h3-10H,1-2H3/b6-3-,9-8+,11-4+. The van der Waals surface area contributed by atoms with Crippen molar-refractivity contribution in [2.24, 2.45) is 0 Å². The lowest BCUT2D eigenvalue weighted by Crippen LogP contribution is -1.68. The van der Waals surface area contributed by atoms with E-state index in [1.807, 2.05) is 19.9 Å². The van der Waals surface area contributed by atoms with Crippen molar-refractivity contribution in [3.8, 4) is 0 Å². The summed E-state index contributed by atoms with van der Waals surface area (Å²) in [5.74, 6) is 0. The molecular formula is C12H14S. The number of hydrogen-bond donors (Lipinski definition) is 0. The molecule has 0 bridgehead atoms. The van der Waals surface area contributed by atoms with E-state index in [-0.39, 0.29) is 0 Å². The van der Waals surface area contributed by atoms with E-state index in [1.165, 1.54) is 10.5 Å². The molecule has 0 aliphatic heterocycles. The second kappa shape index (κ2) is 5.55. The molecule has 1 aromatic heterocycles. The summed E-state index contributed by atoms with van der Waals surface area (Å²) in [5.41, 5.74) is 1.25. The van der Waals surface area contributed by atoms with Gasteiger partial charge in [-0.1, -0.05) is 30.4 Å². The van der Waals surface area contributed by atoms with Crippen molar-refractivity contribution >= 4 is 17.4 Å². The number of rotatable bonds is 3. The zero-order valence-corrected chi connectivity index (χ0v) is 8.84. The highest BCUT2D eigenvalue weighted by Crippen LogP contribution is 2.12. The fourth-order valence-corrected chi connectivity index (χ4v) is 1.62. The van der Waals surface area contributed by atoms with Crippen molar-refractivity contribution in [3.05, 3.63) is 52.3 Å². The fraction of sp³-hybridized carbons (Fsp3) is 0.167. The van der Waals surface area contributed by atoms with E-state index in [0.29, 0.717) is 0 Å². The highest BCUT2D eigenvalue weighted by Gasteiger charge is 1.86. The summed E-state index contributed by atoms with van der Waals surface area (Å²) in [6, 6.07) is 4.18. The molecule has 1 rings (SSSR count). The average Bonchev–Trinajstić information content (AvgIpc) is 2.64. The molecule has 1 aromatic rings. The Bertz CT molecular complexity index is 313. The van der Waals surface area contributed by atoms with E-state index in [0.717, 1.165) is 0 Å². The lowest BCUT2D eigenvalue weighted by atomic mass is 10.2. The maximum Gasteiger partial charge on any atom is 0.0270 e. The van der Waals surface area contributed by atoms with Crippen LogP contribution in [0, 0.1) is 0 Å². The third-order valence-corrected chi connectivity index (χ3v) is 2.51. The first-order chi connectivity index (χ1) is 6.36. The Hall–Kier alpha value is -1.08. The molecule has 0 radical (unpaired) electrons. The first-order valence-corrected chi connectivity index (χ1v) is 5.25. The molecule has 0 aliphatic rings. The highest BCUT2D eigenvalue weighted by atomic mass is 32.1. The molecule has 1 heterocycles. The van der Waals surface area contributed by atoms with E-state index in [2.05, 4.69) is 41.8 Å². The van der Waals surface area contributed by atoms with Gasteiger partial charge in [0, 0.05) is 4.88 Å². The van der Waals surface area contributed by atoms with Crippen molar-refractivity contribution in [2.75, 3.05) is 0 Å². The van der Waals surface area contributed by atoms with Crippen molar-refractivity contribution < 1.29 is 0 Å². The molecule has 68 valence electrons. The van der Waals surface area contributed by atoms with Gasteiger partial charge in [-0.2, -0.15) is 0 Å². The van der Waals surface area contributed by atoms with Gasteiger partial charge in [-0.3, -0.25) is 0 Å². The topological polar surface area (TPSA) is 0 Å². The minimum absolute atomic E-state index is 1.25. The SMILES string of the molecule is C\C=C/C(/C=C/c1cccs1)=C\C. The summed E-state index contributed by atoms with van der Waals surface area (Å²) in [6.45, 7) is 4.08. The molecule has 0 saturated heterocycles. The Morgan fingerprint density at radius 2 is 2.15 bits per heavy atom. The van der Waals surface area contributed by atoms with Crippen LogP contribution in [0.4, 0.5) is 0 Å². The van der Waals surface area contributed by atoms with Gasteiger partial charge in [0.2, 0.25) is 0 Å². The molecule has 0 amide bonds. The smallest absolute Gasteiger partial charge is 0.0270 e. The van der Waals surface area contributed by atoms with Crippen LogP contribution >= 0.6 is 11.3 Å². The summed E-state index contributed by atoms with van der Waals surface area (Å²) >= 11 is 1.76. The molecule has 0 aromatic carbocycles. The van der Waals surface area contributed by atoms with Crippen LogP contribution in [0.25, 0.3) is 6.08 Å². The van der Waals surface area contributed by atoms with Gasteiger partial charge in [0.1, 0.15) is 0 Å². The van der Waals surface area contributed by atoms with Gasteiger partial charge in [0.05, 0.1) is 0 Å². The third-order valence-electron chi connectivity index (χ3n) is 1.68. The van der Waals surface area contributed by atoms with E-state index in [4.69, 9.17) is 0 Å². The van der Waals surface area contributed by atoms with Gasteiger partial charge >= 0.3 is 0 Å². The largest absolute Gasteiger partial charge is 0.144 e. The number of allylic oxidation sites excluding steroid dienone is 5. The predicted molar refractivity (Wildman–Crippen MR) is 61.9 cm³/mol. The fourth-order valence-electron chi connectivity index (χ4n) is 1.00. The Kier molecular flexibility index (Phi) is 4.27. The summed E-state index contributed by atoms with van der Waals surface area (Å²) in [7, 11) is 0. The Balaban J connectivity index is 2.67. The Labute approximate surface area is 83.9 Å². The summed E-state index contributed by atoms with van der Waals surface area (Å²) in [5, 5.41) is 2.09. The molecular weight excluding hydrogens is 176 g/mol. The van der Waals surface area contributed by atoms with Crippen LogP contribution in [-0.2, 0) is 0 Å². The molecule has 13 heavy (non-hydrogen) atoms. The van der Waals surface area contributed by atoms with Gasteiger partial charge in [-0.05, 0) is 36.9 Å². The number of thiophene rings is 1. The minimum atomic E-state index is 1.25. The monoisotopic (exact) mass is 190 g/mol. The second-order valence-corrected chi connectivity index (χ2v) is 3.62. The van der Waals surface area contributed by atoms with Crippen LogP contribution < -0.4 is 0 Å². The summed E-state index contributed by atoms with van der Waals surface area (Å²) in [6.07, 6.45) is 10.5. The molecule has 0 spiro atoms. The van der Waals surface area contributed by atoms with Crippen LogP contribution in [0.1, 0.15) is 18.7 Å². The Morgan fingerprint density at radius 1 is 1.31 bits per heavy atom. The molecule has 0 N–H and O–H groups in total. The number of hydrogen-bond acceptors (Lipinski definition) is 1. The molecule has 0 saturated carbocycles. The van der Waals surface area contributed by atoms with Crippen LogP contribution in [0.2, 0.25) is 0 Å². The van der Waals surface area contributed by atoms with Crippen molar-refractivity contribution in [3.63, 3.8) is 0 Å². The van der Waals surface area contributed by atoms with E-state index in [9.17, 15) is 0 Å². The highest BCUT2D eigenvalue weighted by molar-refractivity contribution is 7.10. The zero-order valence-electron chi connectivity index (χ0n) is 8.03. The van der Waals surface area contributed by atoms with E-state index in [1.54, 1.807) is 11.3 Å². The first kappa shape index (κ1) is 10.0. The van der Waals surface area contributed by atoms with Gasteiger partial charge in [0.25, 0.3) is 0 Å². The summed E-state index contributed by atoms with van der Waals surface area (Å²) in [4.78, 5) is 1.30. The third kappa shape index (κ3) is 3.43. The van der Waals surface area contributed by atoms with Crippen molar-refractivity contribution in [1.82, 2.24) is 0 Å². The normalized spacial score (nSPS) is 13.2. The van der Waals surface area contributed by atoms with Crippen molar-refractivity contribution in [1.29, 1.82) is 0 Å². The zero-order chi connectivity index (χ0) is 9.52. The maximum absolute atomic E-state index is 2.14. The molecule has 0 fully saturated rings. The molecule has 1 heteroatoms.